The Bertz CT molecular complexity index is 1250. The van der Waals surface area contributed by atoms with Gasteiger partial charge in [0.1, 0.15) is 5.52 Å². The Hall–Kier alpha value is -2.45. The topological polar surface area (TPSA) is 94.3 Å². The van der Waals surface area contributed by atoms with Crippen LogP contribution in [0.1, 0.15) is 12.5 Å². The molecule has 6 nitrogen and oxygen atoms in total. The molecule has 3 aromatic rings. The van der Waals surface area contributed by atoms with E-state index < -0.39 is 19.7 Å². The molecule has 0 unspecified atom stereocenters. The molecule has 1 aromatic heterocycles. The molecule has 2 heterocycles. The van der Waals surface area contributed by atoms with Gasteiger partial charge in [0.2, 0.25) is 5.89 Å². The molecule has 1 aliphatic rings. The van der Waals surface area contributed by atoms with Crippen LogP contribution in [0.15, 0.2) is 56.0 Å². The normalized spacial score (nSPS) is 15.6. The highest BCUT2D eigenvalue weighted by atomic mass is 32.2. The molecule has 8 heteroatoms. The van der Waals surface area contributed by atoms with Gasteiger partial charge < -0.3 is 4.42 Å². The molecule has 0 spiro atoms. The maximum Gasteiger partial charge on any atom is 0.227 e. The highest BCUT2D eigenvalue weighted by molar-refractivity contribution is 7.94. The molecule has 4 rings (SSSR count). The second-order valence-electron chi connectivity index (χ2n) is 5.65. The molecule has 25 heavy (non-hydrogen) atoms. The van der Waals surface area contributed by atoms with Crippen LogP contribution in [0.4, 0.5) is 0 Å². The van der Waals surface area contributed by atoms with Crippen molar-refractivity contribution in [1.82, 2.24) is 4.98 Å². The van der Waals surface area contributed by atoms with Crippen LogP contribution in [-0.4, -0.2) is 27.6 Å². The fourth-order valence-corrected chi connectivity index (χ4v) is 4.81. The van der Waals surface area contributed by atoms with E-state index in [0.717, 1.165) is 5.41 Å². The summed E-state index contributed by atoms with van der Waals surface area (Å²) in [5, 5.41) is 1.16. The second kappa shape index (κ2) is 5.27. The lowest BCUT2D eigenvalue weighted by Gasteiger charge is -2.00. The SMILES string of the molecule is CCS(=O)(=O)c1ccc2oc(-c3ccc4c(c3)S(=O)(=O)C=C4)nc2c1. The van der Waals surface area contributed by atoms with Crippen LogP contribution in [0.3, 0.4) is 0 Å². The van der Waals surface area contributed by atoms with Crippen molar-refractivity contribution in [2.24, 2.45) is 0 Å². The number of sulfone groups is 2. The Morgan fingerprint density at radius 1 is 1.12 bits per heavy atom. The number of rotatable bonds is 3. The summed E-state index contributed by atoms with van der Waals surface area (Å²) in [5.41, 5.74) is 1.98. The third-order valence-electron chi connectivity index (χ3n) is 4.09. The number of nitrogens with zero attached hydrogens (tertiary/aromatic N) is 1. The Kier molecular flexibility index (Phi) is 3.38. The number of fused-ring (bicyclic) bond motifs is 2. The molecule has 0 saturated heterocycles. The molecule has 0 aliphatic carbocycles. The Morgan fingerprint density at radius 2 is 1.92 bits per heavy atom. The minimum atomic E-state index is -3.42. The first-order chi connectivity index (χ1) is 11.8. The number of hydrogen-bond acceptors (Lipinski definition) is 6. The summed E-state index contributed by atoms with van der Waals surface area (Å²) in [5.74, 6) is 0.241. The quantitative estimate of drug-likeness (QED) is 0.698. The molecular weight excluding hydrogens is 362 g/mol. The first kappa shape index (κ1) is 16.0. The van der Waals surface area contributed by atoms with Crippen LogP contribution in [0.5, 0.6) is 0 Å². The monoisotopic (exact) mass is 375 g/mol. The summed E-state index contributed by atoms with van der Waals surface area (Å²) >= 11 is 0. The van der Waals surface area contributed by atoms with Crippen LogP contribution >= 0.6 is 0 Å². The third kappa shape index (κ3) is 2.58. The zero-order chi connectivity index (χ0) is 17.8. The summed E-state index contributed by atoms with van der Waals surface area (Å²) in [6, 6.07) is 9.42. The van der Waals surface area contributed by atoms with E-state index in [9.17, 15) is 16.8 Å². The van der Waals surface area contributed by atoms with Crippen LogP contribution in [0, 0.1) is 0 Å². The van der Waals surface area contributed by atoms with Gasteiger partial charge in [0.25, 0.3) is 0 Å². The van der Waals surface area contributed by atoms with Gasteiger partial charge in [-0.1, -0.05) is 13.0 Å². The van der Waals surface area contributed by atoms with Crippen molar-refractivity contribution in [3.63, 3.8) is 0 Å². The van der Waals surface area contributed by atoms with Crippen molar-refractivity contribution >= 4 is 36.9 Å². The molecule has 0 N–H and O–H groups in total. The van der Waals surface area contributed by atoms with E-state index in [2.05, 4.69) is 4.98 Å². The largest absolute Gasteiger partial charge is 0.436 e. The molecule has 1 aliphatic heterocycles. The van der Waals surface area contributed by atoms with Gasteiger partial charge in [0.05, 0.1) is 15.5 Å². The van der Waals surface area contributed by atoms with E-state index in [4.69, 9.17) is 4.42 Å². The zero-order valence-electron chi connectivity index (χ0n) is 13.1. The van der Waals surface area contributed by atoms with E-state index in [-0.39, 0.29) is 21.4 Å². The first-order valence-corrected chi connectivity index (χ1v) is 10.7. The first-order valence-electron chi connectivity index (χ1n) is 7.51. The fraction of sp³-hybridized carbons (Fsp3) is 0.118. The Balaban J connectivity index is 1.84. The van der Waals surface area contributed by atoms with Gasteiger partial charge in [-0.25, -0.2) is 21.8 Å². The lowest BCUT2D eigenvalue weighted by atomic mass is 10.1. The van der Waals surface area contributed by atoms with Crippen molar-refractivity contribution in [2.45, 2.75) is 16.7 Å². The van der Waals surface area contributed by atoms with Gasteiger partial charge in [-0.15, -0.1) is 0 Å². The lowest BCUT2D eigenvalue weighted by molar-refractivity contribution is 0.597. The van der Waals surface area contributed by atoms with Crippen LogP contribution < -0.4 is 0 Å². The molecular formula is C17H13NO5S2. The summed E-state index contributed by atoms with van der Waals surface area (Å²) < 4.78 is 53.6. The maximum atomic E-state index is 12.0. The number of hydrogen-bond donors (Lipinski definition) is 0. The van der Waals surface area contributed by atoms with Gasteiger partial charge in [0, 0.05) is 11.0 Å². The van der Waals surface area contributed by atoms with Gasteiger partial charge in [-0.05, 0) is 42.0 Å². The summed E-state index contributed by atoms with van der Waals surface area (Å²) in [4.78, 5) is 4.71. The Morgan fingerprint density at radius 3 is 2.68 bits per heavy atom. The number of aromatic nitrogens is 1. The molecule has 0 fully saturated rings. The predicted molar refractivity (Wildman–Crippen MR) is 93.4 cm³/mol. The van der Waals surface area contributed by atoms with Crippen molar-refractivity contribution in [2.75, 3.05) is 5.75 Å². The Labute approximate surface area is 144 Å². The molecule has 0 bridgehead atoms. The second-order valence-corrected chi connectivity index (χ2v) is 9.73. The summed E-state index contributed by atoms with van der Waals surface area (Å²) in [7, 11) is -6.76. The van der Waals surface area contributed by atoms with E-state index >= 15 is 0 Å². The molecule has 0 amide bonds. The van der Waals surface area contributed by atoms with Crippen LogP contribution in [0.25, 0.3) is 28.6 Å². The van der Waals surface area contributed by atoms with Gasteiger partial charge in [-0.3, -0.25) is 0 Å². The molecule has 0 atom stereocenters. The lowest BCUT2D eigenvalue weighted by Crippen LogP contribution is -2.03. The molecule has 2 aromatic carbocycles. The highest BCUT2D eigenvalue weighted by Crippen LogP contribution is 2.32. The van der Waals surface area contributed by atoms with Gasteiger partial charge in [-0.2, -0.15) is 0 Å². The summed E-state index contributed by atoms with van der Waals surface area (Å²) in [6.45, 7) is 1.58. The predicted octanol–water partition coefficient (Wildman–Crippen LogP) is 3.05. The molecule has 128 valence electrons. The minimum Gasteiger partial charge on any atom is -0.436 e. The molecule has 0 radical (unpaired) electrons. The average Bonchev–Trinajstić information content (AvgIpc) is 3.15. The van der Waals surface area contributed by atoms with E-state index in [0.29, 0.717) is 22.2 Å². The van der Waals surface area contributed by atoms with Crippen LogP contribution in [-0.2, 0) is 19.7 Å². The minimum absolute atomic E-state index is 0.00109. The summed E-state index contributed by atoms with van der Waals surface area (Å²) in [6.07, 6.45) is 1.54. The van der Waals surface area contributed by atoms with Crippen LogP contribution in [0.2, 0.25) is 0 Å². The number of benzene rings is 2. The number of oxazole rings is 1. The van der Waals surface area contributed by atoms with Crippen molar-refractivity contribution in [1.29, 1.82) is 0 Å². The van der Waals surface area contributed by atoms with E-state index in [1.165, 1.54) is 18.2 Å². The van der Waals surface area contributed by atoms with E-state index in [1.807, 2.05) is 0 Å². The third-order valence-corrected chi connectivity index (χ3v) is 7.29. The van der Waals surface area contributed by atoms with E-state index in [1.54, 1.807) is 31.2 Å². The van der Waals surface area contributed by atoms with Crippen molar-refractivity contribution < 1.29 is 21.3 Å². The molecule has 0 saturated carbocycles. The van der Waals surface area contributed by atoms with Gasteiger partial charge >= 0.3 is 0 Å². The smallest absolute Gasteiger partial charge is 0.227 e. The highest BCUT2D eigenvalue weighted by Gasteiger charge is 2.22. The standard InChI is InChI=1S/C17H13NO5S2/c1-2-24(19,20)13-5-6-15-14(10-13)18-17(23-15)12-4-3-11-7-8-25(21,22)16(11)9-12/h3-10H,2H2,1H3. The zero-order valence-corrected chi connectivity index (χ0v) is 14.8. The van der Waals surface area contributed by atoms with Crippen molar-refractivity contribution in [3.8, 4) is 11.5 Å². The van der Waals surface area contributed by atoms with Crippen molar-refractivity contribution in [3.05, 3.63) is 47.4 Å². The fourth-order valence-electron chi connectivity index (χ4n) is 2.68. The maximum absolute atomic E-state index is 12.0. The average molecular weight is 375 g/mol. The van der Waals surface area contributed by atoms with Gasteiger partial charge in [0.15, 0.2) is 25.3 Å².